The average molecular weight is 386 g/mol. The molecule has 2 aromatic rings. The fourth-order valence-electron chi connectivity index (χ4n) is 3.03. The number of anilines is 1. The highest BCUT2D eigenvalue weighted by atomic mass is 32.1. The Hall–Kier alpha value is -2.56. The molecule has 0 bridgehead atoms. The largest absolute Gasteiger partial charge is 0.454 e. The van der Waals surface area contributed by atoms with Crippen LogP contribution in [-0.4, -0.2) is 34.5 Å². The second-order valence-electron chi connectivity index (χ2n) is 5.80. The Kier molecular flexibility index (Phi) is 4.10. The van der Waals surface area contributed by atoms with Crippen LogP contribution in [0.2, 0.25) is 0 Å². The number of benzene rings is 1. The summed E-state index contributed by atoms with van der Waals surface area (Å²) in [5.41, 5.74) is 0.884. The summed E-state index contributed by atoms with van der Waals surface area (Å²) in [6, 6.07) is 4.77. The third-order valence-electron chi connectivity index (χ3n) is 4.18. The molecule has 1 aromatic carbocycles. The van der Waals surface area contributed by atoms with Gasteiger partial charge in [0.1, 0.15) is 0 Å². The lowest BCUT2D eigenvalue weighted by atomic mass is 10.0. The van der Waals surface area contributed by atoms with Crippen LogP contribution in [0.1, 0.15) is 29.5 Å². The number of fused-ring (bicyclic) bond motifs is 1. The number of nitrogens with one attached hydrogen (secondary N) is 1. The van der Waals surface area contributed by atoms with Crippen molar-refractivity contribution in [2.45, 2.75) is 25.1 Å². The van der Waals surface area contributed by atoms with Crippen molar-refractivity contribution in [1.29, 1.82) is 0 Å². The zero-order valence-electron chi connectivity index (χ0n) is 13.2. The number of likely N-dealkylation sites (tertiary alicyclic amines) is 1. The lowest BCUT2D eigenvalue weighted by molar-refractivity contribution is -0.138. The highest BCUT2D eigenvalue weighted by molar-refractivity contribution is 7.15. The van der Waals surface area contributed by atoms with Crippen molar-refractivity contribution in [3.05, 3.63) is 28.8 Å². The van der Waals surface area contributed by atoms with Gasteiger partial charge in [0.25, 0.3) is 0 Å². The molecule has 1 saturated heterocycles. The van der Waals surface area contributed by atoms with Gasteiger partial charge in [-0.2, -0.15) is 13.2 Å². The van der Waals surface area contributed by atoms with Crippen LogP contribution < -0.4 is 14.8 Å². The Bertz CT molecular complexity index is 842. The molecule has 2 aliphatic heterocycles. The van der Waals surface area contributed by atoms with Crippen molar-refractivity contribution >= 4 is 22.5 Å². The molecule has 1 atom stereocenters. The topological polar surface area (TPSA) is 76.6 Å². The van der Waals surface area contributed by atoms with E-state index in [1.807, 2.05) is 12.1 Å². The normalized spacial score (nSPS) is 19.0. The van der Waals surface area contributed by atoms with E-state index in [2.05, 4.69) is 15.5 Å². The van der Waals surface area contributed by atoms with Crippen molar-refractivity contribution in [2.24, 2.45) is 0 Å². The first-order valence-electron chi connectivity index (χ1n) is 7.80. The zero-order valence-corrected chi connectivity index (χ0v) is 14.1. The number of hydrogen-bond acceptors (Lipinski definition) is 6. The minimum absolute atomic E-state index is 0.159. The lowest BCUT2D eigenvalue weighted by Gasteiger charge is -2.24. The quantitative estimate of drug-likeness (QED) is 0.853. The summed E-state index contributed by atoms with van der Waals surface area (Å²) in [7, 11) is 0. The van der Waals surface area contributed by atoms with Gasteiger partial charge in [0.05, 0.1) is 6.04 Å². The molecule has 1 aromatic heterocycles. The summed E-state index contributed by atoms with van der Waals surface area (Å²) in [6.45, 7) is 0.655. The Morgan fingerprint density at radius 2 is 2.08 bits per heavy atom. The number of rotatable bonds is 2. The van der Waals surface area contributed by atoms with E-state index in [9.17, 15) is 18.0 Å². The fraction of sp³-hybridized carbons (Fsp3) is 0.400. The van der Waals surface area contributed by atoms with Gasteiger partial charge >= 0.3 is 12.2 Å². The Labute approximate surface area is 149 Å². The molecule has 2 aliphatic rings. The average Bonchev–Trinajstić information content (AvgIpc) is 3.33. The van der Waals surface area contributed by atoms with Crippen LogP contribution in [0.5, 0.6) is 11.5 Å². The molecular formula is C15H13F3N4O3S. The number of aromatic nitrogens is 2. The maximum atomic E-state index is 12.6. The van der Waals surface area contributed by atoms with Gasteiger partial charge in [-0.25, -0.2) is 4.79 Å². The van der Waals surface area contributed by atoms with Gasteiger partial charge in [0, 0.05) is 6.54 Å². The standard InChI is InChI=1S/C15H13F3N4O3S/c16-15(17,18)12-20-21-13(26-12)19-14(23)22-5-1-2-9(22)8-3-4-10-11(6-8)25-7-24-10/h3-4,6,9H,1-2,5,7H2,(H,19,21,23). The van der Waals surface area contributed by atoms with Crippen molar-refractivity contribution < 1.29 is 27.4 Å². The summed E-state index contributed by atoms with van der Waals surface area (Å²) < 4.78 is 48.4. The van der Waals surface area contributed by atoms with Gasteiger partial charge in [-0.05, 0) is 30.5 Å². The van der Waals surface area contributed by atoms with E-state index in [0.29, 0.717) is 29.4 Å². The van der Waals surface area contributed by atoms with Crippen molar-refractivity contribution in [1.82, 2.24) is 15.1 Å². The second-order valence-corrected chi connectivity index (χ2v) is 6.78. The summed E-state index contributed by atoms with van der Waals surface area (Å²) in [5.74, 6) is 1.27. The summed E-state index contributed by atoms with van der Waals surface area (Å²) in [5, 5.41) is 7.58. The summed E-state index contributed by atoms with van der Waals surface area (Å²) >= 11 is 0.298. The minimum atomic E-state index is -4.58. The van der Waals surface area contributed by atoms with E-state index in [1.165, 1.54) is 0 Å². The molecule has 0 radical (unpaired) electrons. The third kappa shape index (κ3) is 3.14. The number of nitrogens with zero attached hydrogens (tertiary/aromatic N) is 3. The van der Waals surface area contributed by atoms with Gasteiger partial charge < -0.3 is 14.4 Å². The predicted octanol–water partition coefficient (Wildman–Crippen LogP) is 3.65. The molecule has 11 heteroatoms. The van der Waals surface area contributed by atoms with E-state index in [4.69, 9.17) is 9.47 Å². The van der Waals surface area contributed by atoms with Crippen LogP contribution in [0.15, 0.2) is 18.2 Å². The SMILES string of the molecule is O=C(Nc1nnc(C(F)(F)F)s1)N1CCCC1c1ccc2c(c1)OCO2. The molecule has 138 valence electrons. The minimum Gasteiger partial charge on any atom is -0.454 e. The van der Waals surface area contributed by atoms with E-state index in [-0.39, 0.29) is 18.0 Å². The van der Waals surface area contributed by atoms with Gasteiger partial charge in [0.2, 0.25) is 16.9 Å². The maximum absolute atomic E-state index is 12.6. The van der Waals surface area contributed by atoms with Crippen molar-refractivity contribution in [2.75, 3.05) is 18.7 Å². The Morgan fingerprint density at radius 3 is 2.85 bits per heavy atom. The fourth-order valence-corrected chi connectivity index (χ4v) is 3.63. The monoisotopic (exact) mass is 386 g/mol. The number of halogens is 3. The van der Waals surface area contributed by atoms with Crippen LogP contribution in [0.25, 0.3) is 0 Å². The van der Waals surface area contributed by atoms with Crippen LogP contribution in [-0.2, 0) is 6.18 Å². The number of amides is 2. The molecule has 1 N–H and O–H groups in total. The van der Waals surface area contributed by atoms with Crippen molar-refractivity contribution in [3.63, 3.8) is 0 Å². The molecule has 0 aliphatic carbocycles. The van der Waals surface area contributed by atoms with Gasteiger partial charge in [0.15, 0.2) is 11.5 Å². The summed E-state index contributed by atoms with van der Waals surface area (Å²) in [6.07, 6.45) is -3.04. The zero-order chi connectivity index (χ0) is 18.3. The molecule has 3 heterocycles. The van der Waals surface area contributed by atoms with Gasteiger partial charge in [-0.1, -0.05) is 17.4 Å². The molecular weight excluding hydrogens is 373 g/mol. The number of carbonyl (C=O) groups is 1. The number of hydrogen-bond donors (Lipinski definition) is 1. The molecule has 2 amide bonds. The number of ether oxygens (including phenoxy) is 2. The van der Waals surface area contributed by atoms with Gasteiger partial charge in [-0.15, -0.1) is 10.2 Å². The molecule has 1 fully saturated rings. The van der Waals surface area contributed by atoms with Crippen LogP contribution in [0, 0.1) is 0 Å². The lowest BCUT2D eigenvalue weighted by Crippen LogP contribution is -2.34. The third-order valence-corrected chi connectivity index (χ3v) is 5.06. The molecule has 7 nitrogen and oxygen atoms in total. The second kappa shape index (κ2) is 6.31. The van der Waals surface area contributed by atoms with E-state index < -0.39 is 17.2 Å². The highest BCUT2D eigenvalue weighted by Gasteiger charge is 2.36. The van der Waals surface area contributed by atoms with Gasteiger partial charge in [-0.3, -0.25) is 5.32 Å². The molecule has 26 heavy (non-hydrogen) atoms. The smallest absolute Gasteiger partial charge is 0.445 e. The first kappa shape index (κ1) is 16.9. The van der Waals surface area contributed by atoms with E-state index in [0.717, 1.165) is 18.4 Å². The molecule has 0 saturated carbocycles. The Balaban J connectivity index is 1.49. The predicted molar refractivity (Wildman–Crippen MR) is 85.2 cm³/mol. The number of alkyl halides is 3. The first-order valence-corrected chi connectivity index (χ1v) is 8.61. The highest BCUT2D eigenvalue weighted by Crippen LogP contribution is 2.39. The number of carbonyl (C=O) groups excluding carboxylic acids is 1. The van der Waals surface area contributed by atoms with E-state index in [1.54, 1.807) is 11.0 Å². The van der Waals surface area contributed by atoms with E-state index >= 15 is 0 Å². The molecule has 1 unspecified atom stereocenters. The number of urea groups is 1. The first-order chi connectivity index (χ1) is 12.4. The summed E-state index contributed by atoms with van der Waals surface area (Å²) in [4.78, 5) is 14.1. The molecule has 0 spiro atoms. The van der Waals surface area contributed by atoms with Crippen LogP contribution >= 0.6 is 11.3 Å². The maximum Gasteiger partial charge on any atom is 0.445 e. The molecule has 4 rings (SSSR count). The van der Waals surface area contributed by atoms with Crippen LogP contribution in [0.4, 0.5) is 23.1 Å². The van der Waals surface area contributed by atoms with Crippen LogP contribution in [0.3, 0.4) is 0 Å². The Morgan fingerprint density at radius 1 is 1.27 bits per heavy atom. The van der Waals surface area contributed by atoms with Crippen molar-refractivity contribution in [3.8, 4) is 11.5 Å².